The van der Waals surface area contributed by atoms with Crippen molar-refractivity contribution in [1.82, 2.24) is 10.3 Å². The van der Waals surface area contributed by atoms with Gasteiger partial charge in [-0.3, -0.25) is 10.3 Å². The standard InChI is InChI=1S/C12H18N2O2/c1-11(2,3)14-12(4,10(15)16)9-5-7-13-8-6-9/h5-8,14H,1-4H3,(H,15,16). The van der Waals surface area contributed by atoms with Crippen molar-refractivity contribution in [3.8, 4) is 0 Å². The minimum atomic E-state index is -1.10. The van der Waals surface area contributed by atoms with Crippen LogP contribution in [-0.2, 0) is 10.3 Å². The molecule has 0 spiro atoms. The second-order valence-corrected chi connectivity index (χ2v) is 5.04. The number of hydrogen-bond acceptors (Lipinski definition) is 3. The second kappa shape index (κ2) is 4.22. The first-order valence-corrected chi connectivity index (χ1v) is 5.19. The van der Waals surface area contributed by atoms with Gasteiger partial charge in [0.1, 0.15) is 5.54 Å². The molecule has 0 saturated heterocycles. The van der Waals surface area contributed by atoms with Crippen LogP contribution in [0.5, 0.6) is 0 Å². The Hall–Kier alpha value is -1.42. The number of hydrogen-bond donors (Lipinski definition) is 2. The van der Waals surface area contributed by atoms with Crippen LogP contribution < -0.4 is 5.32 Å². The maximum Gasteiger partial charge on any atom is 0.328 e. The van der Waals surface area contributed by atoms with E-state index >= 15 is 0 Å². The molecule has 0 saturated carbocycles. The van der Waals surface area contributed by atoms with E-state index in [2.05, 4.69) is 10.3 Å². The summed E-state index contributed by atoms with van der Waals surface area (Å²) in [7, 11) is 0. The summed E-state index contributed by atoms with van der Waals surface area (Å²) in [4.78, 5) is 15.3. The number of nitrogens with zero attached hydrogens (tertiary/aromatic N) is 1. The van der Waals surface area contributed by atoms with Crippen molar-refractivity contribution in [1.29, 1.82) is 0 Å². The zero-order valence-corrected chi connectivity index (χ0v) is 10.1. The van der Waals surface area contributed by atoms with Gasteiger partial charge in [-0.1, -0.05) is 0 Å². The third-order valence-electron chi connectivity index (χ3n) is 2.31. The van der Waals surface area contributed by atoms with Crippen molar-refractivity contribution in [3.63, 3.8) is 0 Å². The molecule has 1 aromatic rings. The highest BCUT2D eigenvalue weighted by atomic mass is 16.4. The Morgan fingerprint density at radius 2 is 1.75 bits per heavy atom. The first-order chi connectivity index (χ1) is 7.26. The summed E-state index contributed by atoms with van der Waals surface area (Å²) >= 11 is 0. The topological polar surface area (TPSA) is 62.2 Å². The van der Waals surface area contributed by atoms with E-state index in [9.17, 15) is 9.90 Å². The maximum absolute atomic E-state index is 11.4. The molecule has 4 nitrogen and oxygen atoms in total. The van der Waals surface area contributed by atoms with Gasteiger partial charge in [-0.25, -0.2) is 4.79 Å². The molecule has 2 N–H and O–H groups in total. The summed E-state index contributed by atoms with van der Waals surface area (Å²) in [6.07, 6.45) is 3.20. The fourth-order valence-corrected chi connectivity index (χ4v) is 1.68. The molecule has 1 atom stereocenters. The molecule has 0 amide bonds. The lowest BCUT2D eigenvalue weighted by Gasteiger charge is -2.34. The fourth-order valence-electron chi connectivity index (χ4n) is 1.68. The smallest absolute Gasteiger partial charge is 0.328 e. The average Bonchev–Trinajstić information content (AvgIpc) is 2.16. The van der Waals surface area contributed by atoms with Gasteiger partial charge < -0.3 is 5.11 Å². The van der Waals surface area contributed by atoms with E-state index < -0.39 is 11.5 Å². The van der Waals surface area contributed by atoms with E-state index in [0.717, 1.165) is 0 Å². The summed E-state index contributed by atoms with van der Waals surface area (Å²) in [6.45, 7) is 7.48. The van der Waals surface area contributed by atoms with Crippen LogP contribution in [0.25, 0.3) is 0 Å². The Balaban J connectivity index is 3.13. The molecule has 0 aliphatic heterocycles. The molecule has 88 valence electrons. The van der Waals surface area contributed by atoms with Crippen LogP contribution in [0.15, 0.2) is 24.5 Å². The highest BCUT2D eigenvalue weighted by Gasteiger charge is 2.38. The van der Waals surface area contributed by atoms with E-state index in [1.54, 1.807) is 31.5 Å². The van der Waals surface area contributed by atoms with Gasteiger partial charge in [-0.05, 0) is 45.4 Å². The normalized spacial score (nSPS) is 15.5. The molecule has 1 aromatic heterocycles. The van der Waals surface area contributed by atoms with E-state index in [0.29, 0.717) is 5.56 Å². The largest absolute Gasteiger partial charge is 0.480 e. The quantitative estimate of drug-likeness (QED) is 0.818. The predicted molar refractivity (Wildman–Crippen MR) is 62.1 cm³/mol. The van der Waals surface area contributed by atoms with Crippen LogP contribution in [-0.4, -0.2) is 21.6 Å². The number of aliphatic carboxylic acids is 1. The van der Waals surface area contributed by atoms with Crippen LogP contribution >= 0.6 is 0 Å². The summed E-state index contributed by atoms with van der Waals surface area (Å²) in [5.74, 6) is -0.895. The first kappa shape index (κ1) is 12.6. The van der Waals surface area contributed by atoms with Crippen LogP contribution in [0, 0.1) is 0 Å². The minimum absolute atomic E-state index is 0.281. The van der Waals surface area contributed by atoms with Gasteiger partial charge in [-0.15, -0.1) is 0 Å². The maximum atomic E-state index is 11.4. The molecule has 0 radical (unpaired) electrons. The predicted octanol–water partition coefficient (Wildman–Crippen LogP) is 1.77. The van der Waals surface area contributed by atoms with Gasteiger partial charge in [0, 0.05) is 17.9 Å². The molecular weight excluding hydrogens is 204 g/mol. The zero-order valence-electron chi connectivity index (χ0n) is 10.1. The van der Waals surface area contributed by atoms with E-state index in [1.807, 2.05) is 20.8 Å². The van der Waals surface area contributed by atoms with Crippen LogP contribution in [0.1, 0.15) is 33.3 Å². The molecule has 0 bridgehead atoms. The highest BCUT2D eigenvalue weighted by molar-refractivity contribution is 5.80. The van der Waals surface area contributed by atoms with Gasteiger partial charge in [0.15, 0.2) is 0 Å². The van der Waals surface area contributed by atoms with Crippen molar-refractivity contribution in [3.05, 3.63) is 30.1 Å². The summed E-state index contributed by atoms with van der Waals surface area (Å²) in [5.41, 5.74) is -0.678. The molecule has 1 rings (SSSR count). The summed E-state index contributed by atoms with van der Waals surface area (Å²) < 4.78 is 0. The summed E-state index contributed by atoms with van der Waals surface area (Å²) in [6, 6.07) is 3.43. The van der Waals surface area contributed by atoms with Crippen molar-refractivity contribution < 1.29 is 9.90 Å². The Labute approximate surface area is 95.7 Å². The molecule has 0 aliphatic carbocycles. The summed E-state index contributed by atoms with van der Waals surface area (Å²) in [5, 5.41) is 12.5. The molecule has 1 heterocycles. The molecule has 0 aliphatic rings. The fraction of sp³-hybridized carbons (Fsp3) is 0.500. The lowest BCUT2D eigenvalue weighted by Crippen LogP contribution is -2.54. The van der Waals surface area contributed by atoms with Gasteiger partial charge in [0.05, 0.1) is 0 Å². The molecule has 4 heteroatoms. The monoisotopic (exact) mass is 222 g/mol. The van der Waals surface area contributed by atoms with E-state index in [-0.39, 0.29) is 5.54 Å². The molecule has 16 heavy (non-hydrogen) atoms. The Morgan fingerprint density at radius 3 is 2.12 bits per heavy atom. The Bertz CT molecular complexity index is 370. The van der Waals surface area contributed by atoms with E-state index in [1.165, 1.54) is 0 Å². The first-order valence-electron chi connectivity index (χ1n) is 5.19. The van der Waals surface area contributed by atoms with Crippen molar-refractivity contribution in [2.24, 2.45) is 0 Å². The molecule has 1 unspecified atom stereocenters. The Kier molecular flexibility index (Phi) is 3.33. The van der Waals surface area contributed by atoms with Gasteiger partial charge >= 0.3 is 5.97 Å². The Morgan fingerprint density at radius 1 is 1.25 bits per heavy atom. The van der Waals surface area contributed by atoms with E-state index in [4.69, 9.17) is 0 Å². The third kappa shape index (κ3) is 2.79. The van der Waals surface area contributed by atoms with Gasteiger partial charge in [0.25, 0.3) is 0 Å². The van der Waals surface area contributed by atoms with Crippen molar-refractivity contribution >= 4 is 5.97 Å². The number of carboxylic acid groups (broad SMARTS) is 1. The zero-order chi connectivity index (χ0) is 12.4. The number of aromatic nitrogens is 1. The molecule has 0 aromatic carbocycles. The lowest BCUT2D eigenvalue weighted by atomic mass is 9.90. The van der Waals surface area contributed by atoms with Crippen LogP contribution in [0.3, 0.4) is 0 Å². The van der Waals surface area contributed by atoms with Crippen molar-refractivity contribution in [2.75, 3.05) is 0 Å². The van der Waals surface area contributed by atoms with Crippen LogP contribution in [0.4, 0.5) is 0 Å². The SMILES string of the molecule is CC(C)(C)NC(C)(C(=O)O)c1ccncc1. The van der Waals surface area contributed by atoms with Crippen LogP contribution in [0.2, 0.25) is 0 Å². The van der Waals surface area contributed by atoms with Crippen molar-refractivity contribution in [2.45, 2.75) is 38.8 Å². The number of nitrogens with one attached hydrogen (secondary N) is 1. The molecular formula is C12H18N2O2. The minimum Gasteiger partial charge on any atom is -0.480 e. The third-order valence-corrected chi connectivity index (χ3v) is 2.31. The number of carbonyl (C=O) groups is 1. The van der Waals surface area contributed by atoms with Gasteiger partial charge in [-0.2, -0.15) is 0 Å². The second-order valence-electron chi connectivity index (χ2n) is 5.04. The number of carboxylic acids is 1. The highest BCUT2D eigenvalue weighted by Crippen LogP contribution is 2.23. The molecule has 0 fully saturated rings. The number of pyridine rings is 1. The number of rotatable bonds is 3. The van der Waals surface area contributed by atoms with Gasteiger partial charge in [0.2, 0.25) is 0 Å². The average molecular weight is 222 g/mol. The lowest BCUT2D eigenvalue weighted by molar-refractivity contribution is -0.145.